The normalized spacial score (nSPS) is 22.6. The van der Waals surface area contributed by atoms with Crippen molar-refractivity contribution in [1.29, 1.82) is 0 Å². The Kier molecular flexibility index (Phi) is 5.03. The molecule has 0 saturated carbocycles. The molecule has 0 radical (unpaired) electrons. The standard InChI is InChI=1S/C28H30FN7O/c1-2-28(30)14-36(15-28)27-33-25-22(26(34-27)35-12-17-7-8-18(13-35)32-17)11-31-24(23(25)29)21-10-19(37)9-16-5-3-4-6-20(16)21/h3-6,9-11,17-18,32,37H,2,7-8,12-15,30H2,1H3. The fraction of sp³-hybridized carbons (Fsp3) is 0.393. The fourth-order valence-electron chi connectivity index (χ4n) is 6.14. The number of pyridine rings is 1. The first-order chi connectivity index (χ1) is 17.9. The maximum Gasteiger partial charge on any atom is 0.228 e. The summed E-state index contributed by atoms with van der Waals surface area (Å²) in [6.45, 7) is 4.99. The van der Waals surface area contributed by atoms with Crippen molar-refractivity contribution in [3.63, 3.8) is 0 Å². The average Bonchev–Trinajstić information content (AvgIpc) is 3.23. The van der Waals surface area contributed by atoms with Crippen molar-refractivity contribution in [3.05, 3.63) is 48.4 Å². The third-order valence-electron chi connectivity index (χ3n) is 8.27. The molecule has 7 rings (SSSR count). The number of hydrogen-bond acceptors (Lipinski definition) is 8. The van der Waals surface area contributed by atoms with Crippen molar-refractivity contribution in [2.24, 2.45) is 5.73 Å². The highest BCUT2D eigenvalue weighted by molar-refractivity contribution is 6.00. The lowest BCUT2D eigenvalue weighted by atomic mass is 9.89. The molecule has 9 heteroatoms. The molecular formula is C28H30FN7O. The van der Waals surface area contributed by atoms with Crippen LogP contribution < -0.4 is 20.9 Å². The first-order valence-electron chi connectivity index (χ1n) is 13.0. The minimum Gasteiger partial charge on any atom is -0.508 e. The molecule has 2 unspecified atom stereocenters. The number of halogens is 1. The molecule has 3 fully saturated rings. The van der Waals surface area contributed by atoms with Gasteiger partial charge in [0.1, 0.15) is 22.8 Å². The number of phenols is 1. The monoisotopic (exact) mass is 499 g/mol. The molecule has 5 heterocycles. The molecule has 37 heavy (non-hydrogen) atoms. The summed E-state index contributed by atoms with van der Waals surface area (Å²) in [5.41, 5.74) is 7.12. The van der Waals surface area contributed by atoms with Crippen LogP contribution in [0.3, 0.4) is 0 Å². The van der Waals surface area contributed by atoms with Crippen LogP contribution in [0.2, 0.25) is 0 Å². The Labute approximate surface area is 214 Å². The minimum absolute atomic E-state index is 0.0646. The van der Waals surface area contributed by atoms with Crippen LogP contribution in [0.25, 0.3) is 32.9 Å². The van der Waals surface area contributed by atoms with E-state index in [1.807, 2.05) is 29.2 Å². The van der Waals surface area contributed by atoms with Crippen LogP contribution in [0.4, 0.5) is 16.2 Å². The largest absolute Gasteiger partial charge is 0.508 e. The second-order valence-electron chi connectivity index (χ2n) is 10.9. The number of phenolic OH excluding ortho intramolecular Hbond substituents is 1. The molecular weight excluding hydrogens is 469 g/mol. The van der Waals surface area contributed by atoms with E-state index in [4.69, 9.17) is 15.7 Å². The SMILES string of the molecule is CCC1(N)CN(c2nc(N3CC4CCC(C3)N4)c3cnc(-c4cc(O)cc5ccccc45)c(F)c3n2)C1. The lowest BCUT2D eigenvalue weighted by Gasteiger charge is -2.47. The maximum atomic E-state index is 16.4. The van der Waals surface area contributed by atoms with Gasteiger partial charge in [-0.25, -0.2) is 9.37 Å². The Morgan fingerprint density at radius 2 is 1.84 bits per heavy atom. The second-order valence-corrected chi connectivity index (χ2v) is 10.9. The molecule has 0 aliphatic carbocycles. The average molecular weight is 500 g/mol. The van der Waals surface area contributed by atoms with Crippen LogP contribution in [-0.4, -0.2) is 63.9 Å². The van der Waals surface area contributed by atoms with E-state index in [2.05, 4.69) is 22.1 Å². The Balaban J connectivity index is 1.41. The smallest absolute Gasteiger partial charge is 0.228 e. The highest BCUT2D eigenvalue weighted by Crippen LogP contribution is 2.38. The van der Waals surface area contributed by atoms with Gasteiger partial charge in [0.15, 0.2) is 5.82 Å². The number of nitrogens with zero attached hydrogens (tertiary/aromatic N) is 5. The van der Waals surface area contributed by atoms with Crippen LogP contribution in [0, 0.1) is 5.82 Å². The number of benzene rings is 2. The van der Waals surface area contributed by atoms with Gasteiger partial charge in [-0.2, -0.15) is 4.98 Å². The van der Waals surface area contributed by atoms with Gasteiger partial charge < -0.3 is 26.0 Å². The number of nitrogens with two attached hydrogens (primary N) is 1. The summed E-state index contributed by atoms with van der Waals surface area (Å²) < 4.78 is 16.4. The molecule has 3 aliphatic rings. The number of piperazine rings is 1. The van der Waals surface area contributed by atoms with Crippen LogP contribution in [0.5, 0.6) is 5.75 Å². The van der Waals surface area contributed by atoms with Crippen molar-refractivity contribution < 1.29 is 9.50 Å². The zero-order valence-electron chi connectivity index (χ0n) is 20.8. The van der Waals surface area contributed by atoms with Gasteiger partial charge in [0.05, 0.1) is 10.9 Å². The number of hydrogen-bond donors (Lipinski definition) is 3. The predicted octanol–water partition coefficient (Wildman–Crippen LogP) is 3.56. The lowest BCUT2D eigenvalue weighted by molar-refractivity contribution is 0.318. The molecule has 2 aromatic heterocycles. The number of fused-ring (bicyclic) bond motifs is 4. The highest BCUT2D eigenvalue weighted by Gasteiger charge is 2.40. The molecule has 190 valence electrons. The first-order valence-corrected chi connectivity index (χ1v) is 13.0. The predicted molar refractivity (Wildman–Crippen MR) is 143 cm³/mol. The molecule has 2 aromatic carbocycles. The molecule has 4 aromatic rings. The Bertz CT molecular complexity index is 1520. The quantitative estimate of drug-likeness (QED) is 0.392. The third kappa shape index (κ3) is 3.67. The summed E-state index contributed by atoms with van der Waals surface area (Å²) >= 11 is 0. The fourth-order valence-corrected chi connectivity index (χ4v) is 6.14. The first kappa shape index (κ1) is 22.6. The van der Waals surface area contributed by atoms with Gasteiger partial charge in [-0.05, 0) is 42.2 Å². The van der Waals surface area contributed by atoms with E-state index < -0.39 is 5.82 Å². The summed E-state index contributed by atoms with van der Waals surface area (Å²) in [5, 5.41) is 16.3. The van der Waals surface area contributed by atoms with Gasteiger partial charge >= 0.3 is 0 Å². The van der Waals surface area contributed by atoms with Gasteiger partial charge in [-0.15, -0.1) is 0 Å². The molecule has 3 saturated heterocycles. The Morgan fingerprint density at radius 1 is 1.08 bits per heavy atom. The summed E-state index contributed by atoms with van der Waals surface area (Å²) in [4.78, 5) is 18.6. The van der Waals surface area contributed by atoms with E-state index in [1.165, 1.54) is 0 Å². The van der Waals surface area contributed by atoms with E-state index in [1.54, 1.807) is 18.3 Å². The summed E-state index contributed by atoms with van der Waals surface area (Å²) in [5.74, 6) is 0.781. The van der Waals surface area contributed by atoms with Gasteiger partial charge in [-0.3, -0.25) is 4.98 Å². The summed E-state index contributed by atoms with van der Waals surface area (Å²) in [6, 6.07) is 11.6. The molecule has 0 amide bonds. The number of anilines is 2. The van der Waals surface area contributed by atoms with Crippen molar-refractivity contribution in [2.75, 3.05) is 36.0 Å². The van der Waals surface area contributed by atoms with E-state index in [-0.39, 0.29) is 22.5 Å². The van der Waals surface area contributed by atoms with Gasteiger partial charge in [-0.1, -0.05) is 31.2 Å². The zero-order chi connectivity index (χ0) is 25.3. The van der Waals surface area contributed by atoms with Crippen molar-refractivity contribution >= 4 is 33.4 Å². The van der Waals surface area contributed by atoms with E-state index >= 15 is 4.39 Å². The summed E-state index contributed by atoms with van der Waals surface area (Å²) in [7, 11) is 0. The number of aromatic nitrogens is 3. The van der Waals surface area contributed by atoms with E-state index in [0.29, 0.717) is 42.1 Å². The van der Waals surface area contributed by atoms with Crippen molar-refractivity contribution in [3.8, 4) is 17.0 Å². The van der Waals surface area contributed by atoms with Crippen LogP contribution >= 0.6 is 0 Å². The maximum absolute atomic E-state index is 16.4. The van der Waals surface area contributed by atoms with Crippen LogP contribution in [0.1, 0.15) is 26.2 Å². The molecule has 4 N–H and O–H groups in total. The molecule has 2 atom stereocenters. The number of rotatable bonds is 4. The summed E-state index contributed by atoms with van der Waals surface area (Å²) in [6.07, 6.45) is 4.82. The van der Waals surface area contributed by atoms with E-state index in [0.717, 1.165) is 48.9 Å². The molecule has 2 bridgehead atoms. The van der Waals surface area contributed by atoms with Crippen LogP contribution in [0.15, 0.2) is 42.6 Å². The zero-order valence-corrected chi connectivity index (χ0v) is 20.8. The second kappa shape index (κ2) is 8.22. The minimum atomic E-state index is -0.508. The third-order valence-corrected chi connectivity index (χ3v) is 8.27. The van der Waals surface area contributed by atoms with Crippen LogP contribution in [-0.2, 0) is 0 Å². The van der Waals surface area contributed by atoms with Crippen molar-refractivity contribution in [1.82, 2.24) is 20.3 Å². The molecule has 3 aliphatic heterocycles. The Morgan fingerprint density at radius 3 is 2.59 bits per heavy atom. The van der Waals surface area contributed by atoms with Crippen molar-refractivity contribution in [2.45, 2.75) is 43.8 Å². The van der Waals surface area contributed by atoms with E-state index in [9.17, 15) is 5.11 Å². The topological polar surface area (TPSA) is 103 Å². The van der Waals surface area contributed by atoms with Gasteiger partial charge in [0, 0.05) is 50.0 Å². The number of aromatic hydroxyl groups is 1. The highest BCUT2D eigenvalue weighted by atomic mass is 19.1. The number of nitrogens with one attached hydrogen (secondary N) is 1. The van der Waals surface area contributed by atoms with Gasteiger partial charge in [0.25, 0.3) is 0 Å². The Hall–Kier alpha value is -3.56. The lowest BCUT2D eigenvalue weighted by Crippen LogP contribution is -2.67. The molecule has 8 nitrogen and oxygen atoms in total. The van der Waals surface area contributed by atoms with Gasteiger partial charge in [0.2, 0.25) is 5.95 Å². The molecule has 0 spiro atoms.